The highest BCUT2D eigenvalue weighted by molar-refractivity contribution is 6.31. The molecule has 2 fully saturated rings. The van der Waals surface area contributed by atoms with Crippen LogP contribution in [-0.4, -0.2) is 92.0 Å². The minimum atomic E-state index is -1.72. The Labute approximate surface area is 294 Å². The summed E-state index contributed by atoms with van der Waals surface area (Å²) in [6, 6.07) is 16.8. The molecule has 2 saturated carbocycles. The van der Waals surface area contributed by atoms with Crippen molar-refractivity contribution in [1.82, 2.24) is 9.88 Å². The summed E-state index contributed by atoms with van der Waals surface area (Å²) in [4.78, 5) is 18.5. The zero-order valence-corrected chi connectivity index (χ0v) is 29.3. The number of aromatic nitrogens is 1. The van der Waals surface area contributed by atoms with Gasteiger partial charge in [-0.15, -0.1) is 0 Å². The summed E-state index contributed by atoms with van der Waals surface area (Å²) in [5.41, 5.74) is 6.05. The van der Waals surface area contributed by atoms with Crippen LogP contribution in [0.2, 0.25) is 5.02 Å². The summed E-state index contributed by atoms with van der Waals surface area (Å²) in [6.07, 6.45) is 6.78. The molecule has 2 aromatic carbocycles. The normalized spacial score (nSPS) is 18.3. The van der Waals surface area contributed by atoms with Crippen LogP contribution >= 0.6 is 11.6 Å². The first-order valence-corrected chi connectivity index (χ1v) is 18.0. The standard InChI is InChI=1S/C39H51ClN2O7/c1-25(7-3-6-10-36(46)42(2)23-33(44)37(47)38(48)34(45)24-43)26-11-14-32(40)27(21-26)15-17-39(18-19-39)31-22-41-20-16-29(31)30-8-4-5-9-35(30)49-28-12-13-28/h4-5,8-9,11,14,16,20-22,25,28,33-34,37-38,43-45,47-48H,3,6-7,10,12-13,15,17-19,23-24H2,1-2H3/t25-,33-,34+,37+,38+/m0/s1. The third-order valence-corrected chi connectivity index (χ3v) is 10.6. The molecule has 0 spiro atoms. The van der Waals surface area contributed by atoms with Crippen molar-refractivity contribution in [3.63, 3.8) is 0 Å². The lowest BCUT2D eigenvalue weighted by atomic mass is 9.84. The number of pyridine rings is 1. The van der Waals surface area contributed by atoms with Crippen LogP contribution in [0, 0.1) is 0 Å². The number of carbonyl (C=O) groups is 1. The Morgan fingerprint density at radius 2 is 1.76 bits per heavy atom. The second kappa shape index (κ2) is 16.8. The Hall–Kier alpha value is -3.05. The molecule has 0 bridgehead atoms. The molecule has 5 atom stereocenters. The Morgan fingerprint density at radius 1 is 1.02 bits per heavy atom. The van der Waals surface area contributed by atoms with Gasteiger partial charge < -0.3 is 35.2 Å². The van der Waals surface area contributed by atoms with Gasteiger partial charge in [0.15, 0.2) is 0 Å². The monoisotopic (exact) mass is 694 g/mol. The molecule has 5 rings (SSSR count). The molecular weight excluding hydrogens is 644 g/mol. The number of aliphatic hydroxyl groups is 5. The van der Waals surface area contributed by atoms with E-state index in [1.165, 1.54) is 28.6 Å². The quantitative estimate of drug-likeness (QED) is 0.108. The molecule has 0 unspecified atom stereocenters. The molecule has 5 N–H and O–H groups in total. The lowest BCUT2D eigenvalue weighted by molar-refractivity contribution is -0.138. The van der Waals surface area contributed by atoms with Crippen LogP contribution < -0.4 is 4.74 Å². The van der Waals surface area contributed by atoms with E-state index in [4.69, 9.17) is 21.4 Å². The van der Waals surface area contributed by atoms with Crippen molar-refractivity contribution in [3.05, 3.63) is 82.6 Å². The number of nitrogens with zero attached hydrogens (tertiary/aromatic N) is 2. The van der Waals surface area contributed by atoms with Crippen molar-refractivity contribution < 1.29 is 35.1 Å². The van der Waals surface area contributed by atoms with E-state index >= 15 is 0 Å². The highest BCUT2D eigenvalue weighted by atomic mass is 35.5. The van der Waals surface area contributed by atoms with Crippen molar-refractivity contribution in [3.8, 4) is 16.9 Å². The molecule has 3 aromatic rings. The fourth-order valence-corrected chi connectivity index (χ4v) is 6.83. The van der Waals surface area contributed by atoms with Gasteiger partial charge in [-0.2, -0.15) is 0 Å². The second-order valence-electron chi connectivity index (χ2n) is 14.1. The summed E-state index contributed by atoms with van der Waals surface area (Å²) in [5, 5.41) is 49.3. The van der Waals surface area contributed by atoms with Crippen molar-refractivity contribution in [1.29, 1.82) is 0 Å². The van der Waals surface area contributed by atoms with E-state index in [2.05, 4.69) is 48.3 Å². The zero-order valence-electron chi connectivity index (χ0n) is 28.5. The number of para-hydroxylation sites is 1. The average Bonchev–Trinajstić information content (AvgIpc) is 4.06. The van der Waals surface area contributed by atoms with Gasteiger partial charge in [0, 0.05) is 43.0 Å². The van der Waals surface area contributed by atoms with Crippen LogP contribution in [0.1, 0.15) is 87.3 Å². The molecule has 2 aliphatic rings. The van der Waals surface area contributed by atoms with Gasteiger partial charge in [-0.3, -0.25) is 9.78 Å². The number of ether oxygens (including phenoxy) is 1. The number of hydrogen-bond donors (Lipinski definition) is 5. The van der Waals surface area contributed by atoms with Crippen LogP contribution in [0.5, 0.6) is 5.75 Å². The minimum Gasteiger partial charge on any atom is -0.490 e. The molecule has 266 valence electrons. The predicted octanol–water partition coefficient (Wildman–Crippen LogP) is 5.17. The summed E-state index contributed by atoms with van der Waals surface area (Å²) >= 11 is 6.74. The van der Waals surface area contributed by atoms with Gasteiger partial charge in [0.25, 0.3) is 0 Å². The fraction of sp³-hybridized carbons (Fsp3) is 0.538. The van der Waals surface area contributed by atoms with E-state index in [1.54, 1.807) is 0 Å². The van der Waals surface area contributed by atoms with Gasteiger partial charge in [0.2, 0.25) is 5.91 Å². The van der Waals surface area contributed by atoms with Crippen LogP contribution in [-0.2, 0) is 16.6 Å². The van der Waals surface area contributed by atoms with Gasteiger partial charge in [0.05, 0.1) is 12.7 Å². The van der Waals surface area contributed by atoms with Gasteiger partial charge in [-0.25, -0.2) is 0 Å². The zero-order chi connectivity index (χ0) is 35.1. The topological polar surface area (TPSA) is 144 Å². The SMILES string of the molecule is C[C@@H](CCCCC(=O)N(C)C[C@H](O)[C@@H](O)[C@H](O)[C@H](O)CO)c1ccc(Cl)c(CCC2(c3cnccc3-c3ccccc3OC3CC3)CC2)c1. The summed E-state index contributed by atoms with van der Waals surface area (Å²) < 4.78 is 6.28. The Bertz CT molecular complexity index is 1550. The van der Waals surface area contributed by atoms with Crippen LogP contribution in [0.3, 0.4) is 0 Å². The van der Waals surface area contributed by atoms with Crippen LogP contribution in [0.15, 0.2) is 60.9 Å². The molecule has 10 heteroatoms. The summed E-state index contributed by atoms with van der Waals surface area (Å²) in [6.45, 7) is 1.23. The van der Waals surface area contributed by atoms with Crippen molar-refractivity contribution in [2.24, 2.45) is 0 Å². The average molecular weight is 695 g/mol. The van der Waals surface area contributed by atoms with Crippen molar-refractivity contribution >= 4 is 17.5 Å². The first kappa shape index (κ1) is 37.2. The number of aryl methyl sites for hydroxylation is 1. The number of likely N-dealkylation sites (N-methyl/N-ethyl adjacent to an activating group) is 1. The summed E-state index contributed by atoms with van der Waals surface area (Å²) in [5.74, 6) is 1.04. The molecular formula is C39H51ClN2O7. The molecule has 0 aliphatic heterocycles. The van der Waals surface area contributed by atoms with Crippen molar-refractivity contribution in [2.75, 3.05) is 20.2 Å². The van der Waals surface area contributed by atoms with E-state index in [1.807, 2.05) is 24.5 Å². The van der Waals surface area contributed by atoms with Crippen LogP contribution in [0.4, 0.5) is 0 Å². The van der Waals surface area contributed by atoms with E-state index in [-0.39, 0.29) is 30.2 Å². The highest BCUT2D eigenvalue weighted by Crippen LogP contribution is 2.55. The first-order valence-electron chi connectivity index (χ1n) is 17.6. The molecule has 1 amide bonds. The maximum Gasteiger partial charge on any atom is 0.222 e. The molecule has 1 aromatic heterocycles. The number of halogens is 1. The van der Waals surface area contributed by atoms with E-state index in [0.29, 0.717) is 12.5 Å². The Morgan fingerprint density at radius 3 is 2.47 bits per heavy atom. The third-order valence-electron chi connectivity index (χ3n) is 10.2. The minimum absolute atomic E-state index is 0.0650. The fourth-order valence-electron chi connectivity index (χ4n) is 6.62. The van der Waals surface area contributed by atoms with Gasteiger partial charge in [0.1, 0.15) is 30.2 Å². The van der Waals surface area contributed by atoms with Crippen molar-refractivity contribution in [2.45, 2.75) is 113 Å². The van der Waals surface area contributed by atoms with Crippen LogP contribution in [0.25, 0.3) is 11.1 Å². The molecule has 0 radical (unpaired) electrons. The molecule has 1 heterocycles. The largest absolute Gasteiger partial charge is 0.490 e. The number of hydrogen-bond acceptors (Lipinski definition) is 8. The van der Waals surface area contributed by atoms with E-state index < -0.39 is 31.0 Å². The van der Waals surface area contributed by atoms with E-state index in [0.717, 1.165) is 73.3 Å². The maximum absolute atomic E-state index is 12.6. The van der Waals surface area contributed by atoms with E-state index in [9.17, 15) is 25.2 Å². The first-order chi connectivity index (χ1) is 23.5. The third kappa shape index (κ3) is 9.60. The number of amides is 1. The number of aliphatic hydroxyl groups excluding tert-OH is 5. The Balaban J connectivity index is 1.13. The molecule has 49 heavy (non-hydrogen) atoms. The number of carbonyl (C=O) groups excluding carboxylic acids is 1. The highest BCUT2D eigenvalue weighted by Gasteiger charge is 2.45. The smallest absolute Gasteiger partial charge is 0.222 e. The maximum atomic E-state index is 12.6. The number of rotatable bonds is 19. The Kier molecular flexibility index (Phi) is 12.7. The molecule has 9 nitrogen and oxygen atoms in total. The van der Waals surface area contributed by atoms with Gasteiger partial charge in [-0.05, 0) is 103 Å². The number of unbranched alkanes of at least 4 members (excludes halogenated alkanes) is 1. The molecule has 2 aliphatic carbocycles. The van der Waals surface area contributed by atoms with Gasteiger partial charge >= 0.3 is 0 Å². The summed E-state index contributed by atoms with van der Waals surface area (Å²) in [7, 11) is 1.52. The van der Waals surface area contributed by atoms with Gasteiger partial charge in [-0.1, -0.05) is 55.3 Å². The molecule has 0 saturated heterocycles. The number of benzene rings is 2. The predicted molar refractivity (Wildman–Crippen MR) is 190 cm³/mol. The lowest BCUT2D eigenvalue weighted by Crippen LogP contribution is -2.49. The second-order valence-corrected chi connectivity index (χ2v) is 14.5. The lowest BCUT2D eigenvalue weighted by Gasteiger charge is -2.28.